The summed E-state index contributed by atoms with van der Waals surface area (Å²) in [5.41, 5.74) is 2.01. The maximum Gasteiger partial charge on any atom is 0.259 e. The monoisotopic (exact) mass is 365 g/mol. The summed E-state index contributed by atoms with van der Waals surface area (Å²) in [6, 6.07) is 16.8. The lowest BCUT2D eigenvalue weighted by molar-refractivity contribution is -0.116. The third-order valence-corrected chi connectivity index (χ3v) is 4.65. The Balaban J connectivity index is 1.68. The van der Waals surface area contributed by atoms with E-state index in [1.54, 1.807) is 35.8 Å². The molecule has 0 fully saturated rings. The molecule has 132 valence electrons. The number of carbonyl (C=O) groups excluding carboxylic acids is 2. The second-order valence-electron chi connectivity index (χ2n) is 5.90. The first-order valence-electron chi connectivity index (χ1n) is 8.28. The first kappa shape index (κ1) is 17.8. The van der Waals surface area contributed by atoms with Gasteiger partial charge in [0, 0.05) is 18.0 Å². The summed E-state index contributed by atoms with van der Waals surface area (Å²) in [7, 11) is 0. The molecule has 3 rings (SSSR count). The molecule has 0 saturated heterocycles. The van der Waals surface area contributed by atoms with Gasteiger partial charge in [0.15, 0.2) is 5.13 Å². The van der Waals surface area contributed by atoms with E-state index in [4.69, 9.17) is 0 Å². The number of thiazole rings is 1. The van der Waals surface area contributed by atoms with E-state index < -0.39 is 0 Å². The predicted octanol–water partition coefficient (Wildman–Crippen LogP) is 4.53. The first-order valence-corrected chi connectivity index (χ1v) is 9.16. The number of amides is 2. The van der Waals surface area contributed by atoms with E-state index in [2.05, 4.69) is 15.6 Å². The van der Waals surface area contributed by atoms with Gasteiger partial charge in [-0.25, -0.2) is 4.98 Å². The van der Waals surface area contributed by atoms with Crippen molar-refractivity contribution < 1.29 is 9.59 Å². The number of carbonyl (C=O) groups is 2. The van der Waals surface area contributed by atoms with E-state index in [9.17, 15) is 9.59 Å². The normalized spacial score (nSPS) is 11.6. The van der Waals surface area contributed by atoms with Gasteiger partial charge >= 0.3 is 0 Å². The summed E-state index contributed by atoms with van der Waals surface area (Å²) < 4.78 is 0. The van der Waals surface area contributed by atoms with Crippen LogP contribution in [0.2, 0.25) is 0 Å². The fourth-order valence-corrected chi connectivity index (χ4v) is 3.14. The fourth-order valence-electron chi connectivity index (χ4n) is 2.62. The quantitative estimate of drug-likeness (QED) is 0.674. The Labute approximate surface area is 156 Å². The zero-order valence-electron chi connectivity index (χ0n) is 14.3. The minimum atomic E-state index is -0.299. The number of hydrogen-bond acceptors (Lipinski definition) is 4. The topological polar surface area (TPSA) is 71.1 Å². The Morgan fingerprint density at radius 2 is 1.77 bits per heavy atom. The van der Waals surface area contributed by atoms with E-state index in [0.29, 0.717) is 22.8 Å². The van der Waals surface area contributed by atoms with Gasteiger partial charge in [0.05, 0.1) is 11.3 Å². The van der Waals surface area contributed by atoms with Crippen molar-refractivity contribution in [1.82, 2.24) is 4.98 Å². The van der Waals surface area contributed by atoms with Gasteiger partial charge in [0.25, 0.3) is 5.91 Å². The number of nitrogens with zero attached hydrogens (tertiary/aromatic N) is 1. The van der Waals surface area contributed by atoms with Gasteiger partial charge in [-0.3, -0.25) is 14.9 Å². The summed E-state index contributed by atoms with van der Waals surface area (Å²) >= 11 is 1.34. The Morgan fingerprint density at radius 3 is 2.50 bits per heavy atom. The van der Waals surface area contributed by atoms with Gasteiger partial charge in [-0.15, -0.1) is 11.3 Å². The number of aromatic nitrogens is 1. The van der Waals surface area contributed by atoms with Crippen LogP contribution >= 0.6 is 11.3 Å². The molecule has 3 aromatic rings. The predicted molar refractivity (Wildman–Crippen MR) is 105 cm³/mol. The standard InChI is InChI=1S/C20H19N3O2S/c1-14(15-7-3-2-4-8-15)13-18(24)22-17-10-6-5-9-16(17)19(25)23-20-21-11-12-26-20/h2-12,14H,13H2,1H3,(H,22,24)(H,21,23,25). The van der Waals surface area contributed by atoms with E-state index in [-0.39, 0.29) is 17.7 Å². The molecule has 0 radical (unpaired) electrons. The Kier molecular flexibility index (Phi) is 5.76. The van der Waals surface area contributed by atoms with Crippen LogP contribution < -0.4 is 10.6 Å². The average Bonchev–Trinajstić information content (AvgIpc) is 3.15. The maximum absolute atomic E-state index is 12.5. The summed E-state index contributed by atoms with van der Waals surface area (Å²) in [6.07, 6.45) is 1.96. The van der Waals surface area contributed by atoms with E-state index >= 15 is 0 Å². The Bertz CT molecular complexity index is 879. The lowest BCUT2D eigenvalue weighted by atomic mass is 9.97. The highest BCUT2D eigenvalue weighted by atomic mass is 32.1. The van der Waals surface area contributed by atoms with Crippen LogP contribution in [0.1, 0.15) is 35.2 Å². The van der Waals surface area contributed by atoms with E-state index in [0.717, 1.165) is 5.56 Å². The average molecular weight is 365 g/mol. The van der Waals surface area contributed by atoms with E-state index in [1.807, 2.05) is 37.3 Å². The summed E-state index contributed by atoms with van der Waals surface area (Å²) in [5.74, 6) is -0.338. The minimum Gasteiger partial charge on any atom is -0.325 e. The van der Waals surface area contributed by atoms with Gasteiger partial charge in [0.1, 0.15) is 0 Å². The molecule has 1 atom stereocenters. The molecule has 26 heavy (non-hydrogen) atoms. The van der Waals surface area contributed by atoms with Crippen molar-refractivity contribution in [1.29, 1.82) is 0 Å². The number of nitrogens with one attached hydrogen (secondary N) is 2. The van der Waals surface area contributed by atoms with Crippen LogP contribution in [0.4, 0.5) is 10.8 Å². The third kappa shape index (κ3) is 4.55. The minimum absolute atomic E-state index is 0.0903. The summed E-state index contributed by atoms with van der Waals surface area (Å²) in [5, 5.41) is 7.90. The van der Waals surface area contributed by atoms with Gasteiger partial charge in [-0.05, 0) is 23.6 Å². The molecule has 0 spiro atoms. The van der Waals surface area contributed by atoms with Crippen molar-refractivity contribution >= 4 is 34.0 Å². The molecule has 5 nitrogen and oxygen atoms in total. The number of hydrogen-bond donors (Lipinski definition) is 2. The zero-order chi connectivity index (χ0) is 18.4. The summed E-state index contributed by atoms with van der Waals surface area (Å²) in [6.45, 7) is 2.01. The van der Waals surface area contributed by atoms with Crippen LogP contribution in [0.25, 0.3) is 0 Å². The van der Waals surface area contributed by atoms with Crippen LogP contribution in [-0.4, -0.2) is 16.8 Å². The van der Waals surface area contributed by atoms with Crippen LogP contribution in [0.3, 0.4) is 0 Å². The summed E-state index contributed by atoms with van der Waals surface area (Å²) in [4.78, 5) is 28.9. The van der Waals surface area contributed by atoms with Crippen molar-refractivity contribution in [3.63, 3.8) is 0 Å². The van der Waals surface area contributed by atoms with Gasteiger partial charge in [-0.1, -0.05) is 49.4 Å². The first-order chi connectivity index (χ1) is 12.6. The Morgan fingerprint density at radius 1 is 1.04 bits per heavy atom. The van der Waals surface area contributed by atoms with Gasteiger partial charge in [-0.2, -0.15) is 0 Å². The zero-order valence-corrected chi connectivity index (χ0v) is 15.1. The van der Waals surface area contributed by atoms with Crippen LogP contribution in [-0.2, 0) is 4.79 Å². The van der Waals surface area contributed by atoms with Gasteiger partial charge < -0.3 is 5.32 Å². The second-order valence-corrected chi connectivity index (χ2v) is 6.80. The highest BCUT2D eigenvalue weighted by molar-refractivity contribution is 7.13. The molecule has 2 aromatic carbocycles. The van der Waals surface area contributed by atoms with Crippen molar-refractivity contribution in [2.24, 2.45) is 0 Å². The Hall–Kier alpha value is -2.99. The lowest BCUT2D eigenvalue weighted by Gasteiger charge is -2.14. The van der Waals surface area contributed by atoms with Crippen molar-refractivity contribution in [3.05, 3.63) is 77.3 Å². The molecular formula is C20H19N3O2S. The van der Waals surface area contributed by atoms with Crippen LogP contribution in [0.5, 0.6) is 0 Å². The second kappa shape index (κ2) is 8.40. The molecule has 0 bridgehead atoms. The smallest absolute Gasteiger partial charge is 0.259 e. The molecule has 0 aliphatic heterocycles. The van der Waals surface area contributed by atoms with E-state index in [1.165, 1.54) is 11.3 Å². The molecule has 2 amide bonds. The molecule has 1 heterocycles. The van der Waals surface area contributed by atoms with Gasteiger partial charge in [0.2, 0.25) is 5.91 Å². The van der Waals surface area contributed by atoms with Crippen molar-refractivity contribution in [3.8, 4) is 0 Å². The SMILES string of the molecule is CC(CC(=O)Nc1ccccc1C(=O)Nc1nccs1)c1ccccc1. The fraction of sp³-hybridized carbons (Fsp3) is 0.150. The third-order valence-electron chi connectivity index (χ3n) is 3.96. The number of rotatable bonds is 6. The van der Waals surface area contributed by atoms with Crippen LogP contribution in [0.15, 0.2) is 66.2 Å². The molecule has 0 saturated carbocycles. The molecule has 1 aromatic heterocycles. The molecule has 2 N–H and O–H groups in total. The maximum atomic E-state index is 12.5. The molecular weight excluding hydrogens is 346 g/mol. The van der Waals surface area contributed by atoms with Crippen LogP contribution in [0, 0.1) is 0 Å². The largest absolute Gasteiger partial charge is 0.325 e. The highest BCUT2D eigenvalue weighted by Gasteiger charge is 2.16. The lowest BCUT2D eigenvalue weighted by Crippen LogP contribution is -2.19. The number of benzene rings is 2. The number of para-hydroxylation sites is 1. The van der Waals surface area contributed by atoms with Crippen molar-refractivity contribution in [2.75, 3.05) is 10.6 Å². The molecule has 1 unspecified atom stereocenters. The number of anilines is 2. The molecule has 6 heteroatoms. The molecule has 0 aliphatic carbocycles. The highest BCUT2D eigenvalue weighted by Crippen LogP contribution is 2.22. The van der Waals surface area contributed by atoms with Crippen molar-refractivity contribution in [2.45, 2.75) is 19.3 Å². The molecule has 0 aliphatic rings.